The van der Waals surface area contributed by atoms with Crippen LogP contribution in [0.25, 0.3) is 10.4 Å². The van der Waals surface area contributed by atoms with Crippen molar-refractivity contribution < 1.29 is 4.79 Å². The molecule has 1 atom stereocenters. The van der Waals surface area contributed by atoms with Gasteiger partial charge in [-0.3, -0.25) is 5.41 Å². The molecule has 0 aliphatic heterocycles. The van der Waals surface area contributed by atoms with Crippen LogP contribution in [0.4, 0.5) is 0 Å². The molecule has 3 rings (SSSR count). The molecule has 1 aromatic heterocycles. The van der Waals surface area contributed by atoms with E-state index >= 15 is 0 Å². The Labute approximate surface area is 140 Å². The van der Waals surface area contributed by atoms with Gasteiger partial charge in [0.15, 0.2) is 5.96 Å². The van der Waals surface area contributed by atoms with Crippen LogP contribution >= 0.6 is 11.3 Å². The van der Waals surface area contributed by atoms with Gasteiger partial charge in [-0.15, -0.1) is 11.3 Å². The largest absolute Gasteiger partial charge is 0.360 e. The molecular formula is C18H21N3OS. The van der Waals surface area contributed by atoms with Crippen molar-refractivity contribution >= 4 is 23.6 Å². The number of carbonyl (C=O) groups is 1. The van der Waals surface area contributed by atoms with Gasteiger partial charge in [-0.2, -0.15) is 0 Å². The minimum atomic E-state index is -0.817. The molecule has 1 unspecified atom stereocenters. The van der Waals surface area contributed by atoms with Crippen molar-refractivity contribution in [2.75, 3.05) is 7.05 Å². The summed E-state index contributed by atoms with van der Waals surface area (Å²) in [5.74, 6) is 0.412. The molecule has 0 saturated heterocycles. The van der Waals surface area contributed by atoms with E-state index in [4.69, 9.17) is 5.41 Å². The summed E-state index contributed by atoms with van der Waals surface area (Å²) < 4.78 is 0. The average Bonchev–Trinajstić information content (AvgIpc) is 3.34. The number of nitrogens with one attached hydrogen (secondary N) is 3. The number of benzene rings is 1. The molecular weight excluding hydrogens is 306 g/mol. The number of hydrogen-bond acceptors (Lipinski definition) is 3. The Morgan fingerprint density at radius 3 is 2.74 bits per heavy atom. The highest BCUT2D eigenvalue weighted by Gasteiger charge is 2.47. The fourth-order valence-corrected chi connectivity index (χ4v) is 3.82. The molecule has 1 heterocycles. The van der Waals surface area contributed by atoms with Gasteiger partial charge in [-0.1, -0.05) is 18.2 Å². The summed E-state index contributed by atoms with van der Waals surface area (Å²) in [6.07, 6.45) is 2.98. The highest BCUT2D eigenvalue weighted by atomic mass is 32.1. The minimum Gasteiger partial charge on any atom is -0.360 e. The Morgan fingerprint density at radius 2 is 2.17 bits per heavy atom. The second-order valence-electron chi connectivity index (χ2n) is 6.08. The van der Waals surface area contributed by atoms with E-state index in [1.165, 1.54) is 10.4 Å². The van der Waals surface area contributed by atoms with Crippen LogP contribution in [0.1, 0.15) is 24.0 Å². The van der Waals surface area contributed by atoms with E-state index in [0.29, 0.717) is 0 Å². The Bertz CT molecular complexity index is 735. The summed E-state index contributed by atoms with van der Waals surface area (Å²) in [6.45, 7) is 2.08. The zero-order valence-corrected chi connectivity index (χ0v) is 14.2. The molecule has 23 heavy (non-hydrogen) atoms. The molecule has 2 aromatic rings. The highest BCUT2D eigenvalue weighted by Crippen LogP contribution is 2.45. The molecule has 1 fully saturated rings. The third kappa shape index (κ3) is 3.01. The fraction of sp³-hybridized carbons (Fsp3) is 0.333. The van der Waals surface area contributed by atoms with Crippen LogP contribution in [0.5, 0.6) is 0 Å². The van der Waals surface area contributed by atoms with E-state index in [1.54, 1.807) is 18.4 Å². The quantitative estimate of drug-likeness (QED) is 0.449. The molecule has 120 valence electrons. The van der Waals surface area contributed by atoms with E-state index in [9.17, 15) is 4.79 Å². The van der Waals surface area contributed by atoms with Crippen LogP contribution in [0.15, 0.2) is 35.7 Å². The first-order valence-electron chi connectivity index (χ1n) is 7.76. The number of guanidine groups is 1. The van der Waals surface area contributed by atoms with Crippen LogP contribution in [0.3, 0.4) is 0 Å². The van der Waals surface area contributed by atoms with Gasteiger partial charge in [0, 0.05) is 11.9 Å². The molecule has 4 nitrogen and oxygen atoms in total. The molecule has 1 saturated carbocycles. The molecule has 3 N–H and O–H groups in total. The molecule has 5 heteroatoms. The first-order valence-corrected chi connectivity index (χ1v) is 8.64. The standard InChI is InChI=1S/C18H21N3OS/c1-12-8-16(23-10-12)13-4-3-5-15(9-13)18(11-22,14-6-7-14)21-17(19)20-2/h3-5,8-11,14H,6-7H2,1-2H3,(H3,19,20,21). The highest BCUT2D eigenvalue weighted by molar-refractivity contribution is 7.13. The zero-order chi connectivity index (χ0) is 16.4. The summed E-state index contributed by atoms with van der Waals surface area (Å²) in [4.78, 5) is 13.2. The first-order chi connectivity index (χ1) is 11.1. The molecule has 1 aliphatic carbocycles. The maximum Gasteiger partial charge on any atom is 0.189 e. The van der Waals surface area contributed by atoms with Crippen LogP contribution in [-0.2, 0) is 10.3 Å². The van der Waals surface area contributed by atoms with Gasteiger partial charge in [0.25, 0.3) is 0 Å². The van der Waals surface area contributed by atoms with E-state index in [0.717, 1.165) is 30.3 Å². The van der Waals surface area contributed by atoms with E-state index < -0.39 is 5.54 Å². The number of carbonyl (C=O) groups excluding carboxylic acids is 1. The molecule has 0 amide bonds. The van der Waals surface area contributed by atoms with Gasteiger partial charge in [0.05, 0.1) is 0 Å². The topological polar surface area (TPSA) is 65.0 Å². The van der Waals surface area contributed by atoms with E-state index in [1.807, 2.05) is 12.1 Å². The number of aldehydes is 1. The summed E-state index contributed by atoms with van der Waals surface area (Å²) in [5.41, 5.74) is 2.47. The molecule has 0 spiro atoms. The Hall–Kier alpha value is -2.14. The molecule has 1 aliphatic rings. The summed E-state index contributed by atoms with van der Waals surface area (Å²) >= 11 is 1.71. The number of thiophene rings is 1. The van der Waals surface area contributed by atoms with Crippen LogP contribution in [0.2, 0.25) is 0 Å². The van der Waals surface area contributed by atoms with Gasteiger partial charge >= 0.3 is 0 Å². The summed E-state index contributed by atoms with van der Waals surface area (Å²) in [5, 5.41) is 15.9. The zero-order valence-electron chi connectivity index (χ0n) is 13.3. The maximum absolute atomic E-state index is 12.0. The summed E-state index contributed by atoms with van der Waals surface area (Å²) in [6, 6.07) is 10.3. The average molecular weight is 327 g/mol. The van der Waals surface area contributed by atoms with Crippen LogP contribution in [0, 0.1) is 18.3 Å². The molecule has 1 aromatic carbocycles. The predicted molar refractivity (Wildman–Crippen MR) is 94.9 cm³/mol. The van der Waals surface area contributed by atoms with Crippen molar-refractivity contribution in [2.24, 2.45) is 5.92 Å². The Morgan fingerprint density at radius 1 is 1.39 bits per heavy atom. The lowest BCUT2D eigenvalue weighted by Gasteiger charge is -2.31. The van der Waals surface area contributed by atoms with Gasteiger partial charge in [-0.05, 0) is 59.9 Å². The third-order valence-electron chi connectivity index (χ3n) is 4.34. The first kappa shape index (κ1) is 15.7. The minimum absolute atomic E-state index is 0.168. The number of aryl methyl sites for hydroxylation is 1. The van der Waals surface area contributed by atoms with Crippen molar-refractivity contribution in [3.05, 3.63) is 46.8 Å². The lowest BCUT2D eigenvalue weighted by molar-refractivity contribution is -0.114. The van der Waals surface area contributed by atoms with Crippen LogP contribution < -0.4 is 10.6 Å². The van der Waals surface area contributed by atoms with Crippen LogP contribution in [-0.4, -0.2) is 19.3 Å². The van der Waals surface area contributed by atoms with Gasteiger partial charge in [0.1, 0.15) is 11.8 Å². The van der Waals surface area contributed by atoms with Crippen molar-refractivity contribution in [3.63, 3.8) is 0 Å². The normalized spacial score (nSPS) is 16.4. The van der Waals surface area contributed by atoms with Gasteiger partial charge in [0.2, 0.25) is 0 Å². The predicted octanol–water partition coefficient (Wildman–Crippen LogP) is 3.27. The Kier molecular flexibility index (Phi) is 4.22. The third-order valence-corrected chi connectivity index (χ3v) is 5.44. The van der Waals surface area contributed by atoms with Crippen molar-refractivity contribution in [1.82, 2.24) is 10.6 Å². The fourth-order valence-electron chi connectivity index (χ4n) is 2.92. The van der Waals surface area contributed by atoms with Gasteiger partial charge < -0.3 is 15.4 Å². The lowest BCUT2D eigenvalue weighted by atomic mass is 9.85. The maximum atomic E-state index is 12.0. The molecule has 0 radical (unpaired) electrons. The van der Waals surface area contributed by atoms with Crippen molar-refractivity contribution in [1.29, 1.82) is 5.41 Å². The van der Waals surface area contributed by atoms with Gasteiger partial charge in [-0.25, -0.2) is 0 Å². The van der Waals surface area contributed by atoms with E-state index in [2.05, 4.69) is 41.1 Å². The SMILES string of the molecule is CNC(=N)NC(C=O)(c1cccc(-c2cc(C)cs2)c1)C1CC1. The van der Waals surface area contributed by atoms with Crippen molar-refractivity contribution in [3.8, 4) is 10.4 Å². The molecule has 0 bridgehead atoms. The number of hydrogen-bond donors (Lipinski definition) is 3. The second kappa shape index (κ2) is 6.16. The number of rotatable bonds is 5. The smallest absolute Gasteiger partial charge is 0.189 e. The summed E-state index contributed by atoms with van der Waals surface area (Å²) in [7, 11) is 1.68. The Balaban J connectivity index is 2.02. The monoisotopic (exact) mass is 327 g/mol. The lowest BCUT2D eigenvalue weighted by Crippen LogP contribution is -2.52. The van der Waals surface area contributed by atoms with Crippen molar-refractivity contribution in [2.45, 2.75) is 25.3 Å². The van der Waals surface area contributed by atoms with E-state index in [-0.39, 0.29) is 11.9 Å². The second-order valence-corrected chi connectivity index (χ2v) is 6.99.